The molecule has 0 saturated carbocycles. The van der Waals surface area contributed by atoms with E-state index >= 15 is 0 Å². The Morgan fingerprint density at radius 3 is 3.07 bits per heavy atom. The van der Waals surface area contributed by atoms with Gasteiger partial charge in [0.2, 0.25) is 6.41 Å². The SMILES string of the molecule is N=C(N)COc1cccc(NC=O)c1. The van der Waals surface area contributed by atoms with Crippen molar-refractivity contribution in [3.63, 3.8) is 0 Å². The van der Waals surface area contributed by atoms with E-state index in [2.05, 4.69) is 5.32 Å². The second-order valence-electron chi connectivity index (χ2n) is 2.60. The van der Waals surface area contributed by atoms with Crippen LogP contribution in [0.15, 0.2) is 24.3 Å². The Bertz CT molecular complexity index is 339. The molecule has 1 rings (SSSR count). The standard InChI is InChI=1S/C9H11N3O2/c10-9(11)5-14-8-3-1-2-7(4-8)12-6-13/h1-4,6H,5H2,(H3,10,11)(H,12,13). The van der Waals surface area contributed by atoms with Gasteiger partial charge in [-0.2, -0.15) is 0 Å². The number of carbonyl (C=O) groups excluding carboxylic acids is 1. The van der Waals surface area contributed by atoms with E-state index in [1.54, 1.807) is 24.3 Å². The molecule has 0 radical (unpaired) electrons. The van der Waals surface area contributed by atoms with Crippen molar-refractivity contribution < 1.29 is 9.53 Å². The van der Waals surface area contributed by atoms with Crippen LogP contribution < -0.4 is 15.8 Å². The number of rotatable bonds is 5. The van der Waals surface area contributed by atoms with Crippen LogP contribution in [0, 0.1) is 5.41 Å². The molecule has 5 nitrogen and oxygen atoms in total. The van der Waals surface area contributed by atoms with Crippen LogP contribution in [0.25, 0.3) is 0 Å². The lowest BCUT2D eigenvalue weighted by atomic mass is 10.3. The summed E-state index contributed by atoms with van der Waals surface area (Å²) in [6.45, 7) is 0.0462. The van der Waals surface area contributed by atoms with Gasteiger partial charge >= 0.3 is 0 Å². The second kappa shape index (κ2) is 4.86. The molecule has 0 aliphatic heterocycles. The van der Waals surface area contributed by atoms with Crippen molar-refractivity contribution in [1.82, 2.24) is 0 Å². The van der Waals surface area contributed by atoms with Gasteiger partial charge in [0.25, 0.3) is 0 Å². The van der Waals surface area contributed by atoms with E-state index in [4.69, 9.17) is 15.9 Å². The summed E-state index contributed by atoms with van der Waals surface area (Å²) in [7, 11) is 0. The van der Waals surface area contributed by atoms with E-state index in [1.165, 1.54) is 0 Å². The van der Waals surface area contributed by atoms with E-state index in [9.17, 15) is 4.79 Å². The van der Waals surface area contributed by atoms with E-state index in [-0.39, 0.29) is 12.4 Å². The van der Waals surface area contributed by atoms with Crippen LogP contribution >= 0.6 is 0 Å². The van der Waals surface area contributed by atoms with Crippen LogP contribution in [0.1, 0.15) is 0 Å². The maximum absolute atomic E-state index is 10.1. The average Bonchev–Trinajstić information content (AvgIpc) is 2.16. The molecule has 5 heteroatoms. The first-order valence-corrected chi connectivity index (χ1v) is 3.98. The molecule has 14 heavy (non-hydrogen) atoms. The van der Waals surface area contributed by atoms with Crippen LogP contribution in [-0.4, -0.2) is 18.9 Å². The molecular weight excluding hydrogens is 182 g/mol. The van der Waals surface area contributed by atoms with Crippen molar-refractivity contribution >= 4 is 17.9 Å². The van der Waals surface area contributed by atoms with Gasteiger partial charge in [0, 0.05) is 11.8 Å². The van der Waals surface area contributed by atoms with Crippen LogP contribution in [-0.2, 0) is 4.79 Å². The maximum Gasteiger partial charge on any atom is 0.211 e. The lowest BCUT2D eigenvalue weighted by Crippen LogP contribution is -2.19. The van der Waals surface area contributed by atoms with Gasteiger partial charge in [0.1, 0.15) is 18.2 Å². The number of nitrogens with two attached hydrogens (primary N) is 1. The van der Waals surface area contributed by atoms with Crippen LogP contribution in [0.2, 0.25) is 0 Å². The Morgan fingerprint density at radius 1 is 1.64 bits per heavy atom. The Balaban J connectivity index is 2.63. The largest absolute Gasteiger partial charge is 0.486 e. The normalized spacial score (nSPS) is 9.14. The fraction of sp³-hybridized carbons (Fsp3) is 0.111. The summed E-state index contributed by atoms with van der Waals surface area (Å²) in [6.07, 6.45) is 0.587. The summed E-state index contributed by atoms with van der Waals surface area (Å²) in [5, 5.41) is 9.45. The smallest absolute Gasteiger partial charge is 0.211 e. The molecular formula is C9H11N3O2. The van der Waals surface area contributed by atoms with E-state index < -0.39 is 0 Å². The monoisotopic (exact) mass is 193 g/mol. The predicted molar refractivity (Wildman–Crippen MR) is 53.5 cm³/mol. The minimum Gasteiger partial charge on any atom is -0.486 e. The first kappa shape index (κ1) is 10.0. The summed E-state index contributed by atoms with van der Waals surface area (Å²) in [4.78, 5) is 10.1. The lowest BCUT2D eigenvalue weighted by molar-refractivity contribution is -0.105. The molecule has 0 bridgehead atoms. The van der Waals surface area contributed by atoms with Gasteiger partial charge < -0.3 is 15.8 Å². The number of hydrogen-bond acceptors (Lipinski definition) is 3. The third-order valence-corrected chi connectivity index (χ3v) is 1.45. The average molecular weight is 193 g/mol. The molecule has 0 aromatic heterocycles. The van der Waals surface area contributed by atoms with Gasteiger partial charge in [-0.3, -0.25) is 10.2 Å². The maximum atomic E-state index is 10.1. The second-order valence-corrected chi connectivity index (χ2v) is 2.60. The first-order chi connectivity index (χ1) is 6.72. The summed E-state index contributed by atoms with van der Waals surface area (Å²) in [5.74, 6) is 0.519. The zero-order valence-corrected chi connectivity index (χ0v) is 7.49. The topological polar surface area (TPSA) is 88.2 Å². The van der Waals surface area contributed by atoms with Crippen molar-refractivity contribution in [2.24, 2.45) is 5.73 Å². The Hall–Kier alpha value is -2.04. The highest BCUT2D eigenvalue weighted by Gasteiger charge is 1.96. The highest BCUT2D eigenvalue weighted by molar-refractivity contribution is 5.78. The van der Waals surface area contributed by atoms with Crippen LogP contribution in [0.3, 0.4) is 0 Å². The molecule has 0 saturated heterocycles. The Kier molecular flexibility index (Phi) is 3.49. The number of anilines is 1. The van der Waals surface area contributed by atoms with Crippen molar-refractivity contribution in [3.8, 4) is 5.75 Å². The molecule has 0 unspecified atom stereocenters. The van der Waals surface area contributed by atoms with Gasteiger partial charge in [-0.05, 0) is 12.1 Å². The Labute approximate surface area is 81.4 Å². The quantitative estimate of drug-likeness (QED) is 0.363. The third-order valence-electron chi connectivity index (χ3n) is 1.45. The molecule has 1 amide bonds. The predicted octanol–water partition coefficient (Wildman–Crippen LogP) is 0.570. The summed E-state index contributed by atoms with van der Waals surface area (Å²) in [6, 6.07) is 6.84. The number of hydrogen-bond donors (Lipinski definition) is 3. The molecule has 1 aromatic rings. The molecule has 0 atom stereocenters. The van der Waals surface area contributed by atoms with Gasteiger partial charge in [-0.1, -0.05) is 6.07 Å². The van der Waals surface area contributed by atoms with Gasteiger partial charge in [0.15, 0.2) is 0 Å². The highest BCUT2D eigenvalue weighted by atomic mass is 16.5. The fourth-order valence-corrected chi connectivity index (χ4v) is 0.905. The summed E-state index contributed by atoms with van der Waals surface area (Å²) in [5.41, 5.74) is 5.76. The number of ether oxygens (including phenoxy) is 1. The summed E-state index contributed by atoms with van der Waals surface area (Å²) >= 11 is 0. The van der Waals surface area contributed by atoms with Gasteiger partial charge in [0.05, 0.1) is 0 Å². The van der Waals surface area contributed by atoms with E-state index in [0.717, 1.165) is 0 Å². The number of amidine groups is 1. The molecule has 0 aliphatic rings. The third kappa shape index (κ3) is 3.14. The van der Waals surface area contributed by atoms with Crippen molar-refractivity contribution in [3.05, 3.63) is 24.3 Å². The zero-order valence-electron chi connectivity index (χ0n) is 7.49. The minimum atomic E-state index is -0.0428. The van der Waals surface area contributed by atoms with E-state index in [1.807, 2.05) is 0 Å². The van der Waals surface area contributed by atoms with Gasteiger partial charge in [-0.25, -0.2) is 0 Å². The molecule has 0 spiro atoms. The van der Waals surface area contributed by atoms with Crippen molar-refractivity contribution in [2.45, 2.75) is 0 Å². The lowest BCUT2D eigenvalue weighted by Gasteiger charge is -2.05. The van der Waals surface area contributed by atoms with Crippen molar-refractivity contribution in [2.75, 3.05) is 11.9 Å². The molecule has 0 fully saturated rings. The number of nitrogens with one attached hydrogen (secondary N) is 2. The number of carbonyl (C=O) groups is 1. The highest BCUT2D eigenvalue weighted by Crippen LogP contribution is 2.16. The number of benzene rings is 1. The van der Waals surface area contributed by atoms with E-state index in [0.29, 0.717) is 17.8 Å². The van der Waals surface area contributed by atoms with Crippen molar-refractivity contribution in [1.29, 1.82) is 5.41 Å². The molecule has 4 N–H and O–H groups in total. The molecule has 1 aromatic carbocycles. The first-order valence-electron chi connectivity index (χ1n) is 3.98. The summed E-state index contributed by atoms with van der Waals surface area (Å²) < 4.78 is 5.15. The minimum absolute atomic E-state index is 0.0428. The van der Waals surface area contributed by atoms with Gasteiger partial charge in [-0.15, -0.1) is 0 Å². The molecule has 0 aliphatic carbocycles. The van der Waals surface area contributed by atoms with Crippen LogP contribution in [0.4, 0.5) is 5.69 Å². The number of amides is 1. The molecule has 74 valence electrons. The Morgan fingerprint density at radius 2 is 2.43 bits per heavy atom. The fourth-order valence-electron chi connectivity index (χ4n) is 0.905. The van der Waals surface area contributed by atoms with Crippen LogP contribution in [0.5, 0.6) is 5.75 Å². The zero-order chi connectivity index (χ0) is 10.4. The molecule has 0 heterocycles.